The number of aryl methyl sites for hydroxylation is 1. The number of hydrogen-bond donors (Lipinski definition) is 1. The van der Waals surface area contributed by atoms with Gasteiger partial charge in [-0.3, -0.25) is 0 Å². The second-order valence-corrected chi connectivity index (χ2v) is 3.76. The number of nitrogens with one attached hydrogen (secondary N) is 1. The largest absolute Gasteiger partial charge is 0.381 e. The standard InChI is InChI=1S/C13H15N.C2H6/c1-10-7-8-13(14-9-10)12-6-4-3-5-11(12)2;1-2/h3-8,14H,9H2,1-2H3;1-2H3. The van der Waals surface area contributed by atoms with Gasteiger partial charge >= 0.3 is 0 Å². The molecule has 1 aliphatic heterocycles. The summed E-state index contributed by atoms with van der Waals surface area (Å²) in [6.45, 7) is 9.24. The molecule has 86 valence electrons. The predicted molar refractivity (Wildman–Crippen MR) is 72.3 cm³/mol. The second kappa shape index (κ2) is 6.16. The summed E-state index contributed by atoms with van der Waals surface area (Å²) >= 11 is 0. The van der Waals surface area contributed by atoms with Gasteiger partial charge in [0.15, 0.2) is 0 Å². The van der Waals surface area contributed by atoms with Crippen molar-refractivity contribution in [3.05, 3.63) is 53.1 Å². The molecule has 0 aliphatic carbocycles. The van der Waals surface area contributed by atoms with Crippen molar-refractivity contribution >= 4 is 5.70 Å². The van der Waals surface area contributed by atoms with E-state index in [1.807, 2.05) is 13.8 Å². The Kier molecular flexibility index (Phi) is 4.84. The van der Waals surface area contributed by atoms with Gasteiger partial charge < -0.3 is 5.32 Å². The predicted octanol–water partition coefficient (Wildman–Crippen LogP) is 3.91. The maximum absolute atomic E-state index is 3.42. The molecule has 0 spiro atoms. The van der Waals surface area contributed by atoms with Crippen molar-refractivity contribution in [2.24, 2.45) is 0 Å². The van der Waals surface area contributed by atoms with Crippen molar-refractivity contribution in [2.45, 2.75) is 27.7 Å². The molecule has 0 amide bonds. The molecular weight excluding hydrogens is 194 g/mol. The van der Waals surface area contributed by atoms with E-state index in [2.05, 4.69) is 55.6 Å². The molecule has 1 nitrogen and oxygen atoms in total. The maximum Gasteiger partial charge on any atom is 0.0419 e. The Morgan fingerprint density at radius 1 is 1.00 bits per heavy atom. The van der Waals surface area contributed by atoms with E-state index < -0.39 is 0 Å². The van der Waals surface area contributed by atoms with E-state index >= 15 is 0 Å². The van der Waals surface area contributed by atoms with Crippen LogP contribution in [0.25, 0.3) is 5.70 Å². The van der Waals surface area contributed by atoms with Gasteiger partial charge in [0.25, 0.3) is 0 Å². The average Bonchev–Trinajstić information content (AvgIpc) is 2.34. The Balaban J connectivity index is 0.000000606. The van der Waals surface area contributed by atoms with Gasteiger partial charge in [0.2, 0.25) is 0 Å². The van der Waals surface area contributed by atoms with Crippen LogP contribution in [0, 0.1) is 6.92 Å². The first kappa shape index (κ1) is 12.6. The van der Waals surface area contributed by atoms with E-state index in [9.17, 15) is 0 Å². The molecule has 16 heavy (non-hydrogen) atoms. The van der Waals surface area contributed by atoms with Gasteiger partial charge in [-0.25, -0.2) is 0 Å². The van der Waals surface area contributed by atoms with E-state index in [0.717, 1.165) is 6.54 Å². The number of hydrogen-bond acceptors (Lipinski definition) is 1. The van der Waals surface area contributed by atoms with E-state index in [0.29, 0.717) is 0 Å². The summed E-state index contributed by atoms with van der Waals surface area (Å²) in [5.74, 6) is 0. The van der Waals surface area contributed by atoms with Crippen LogP contribution in [0.5, 0.6) is 0 Å². The molecule has 1 heterocycles. The summed E-state index contributed by atoms with van der Waals surface area (Å²) in [6.07, 6.45) is 4.33. The molecule has 0 atom stereocenters. The zero-order valence-corrected chi connectivity index (χ0v) is 10.7. The highest BCUT2D eigenvalue weighted by atomic mass is 14.9. The highest BCUT2D eigenvalue weighted by Gasteiger charge is 2.05. The van der Waals surface area contributed by atoms with Gasteiger partial charge in [-0.15, -0.1) is 0 Å². The molecule has 0 radical (unpaired) electrons. The van der Waals surface area contributed by atoms with Gasteiger partial charge in [-0.1, -0.05) is 49.8 Å². The first-order chi connectivity index (χ1) is 7.77. The minimum Gasteiger partial charge on any atom is -0.381 e. The summed E-state index contributed by atoms with van der Waals surface area (Å²) in [7, 11) is 0. The monoisotopic (exact) mass is 215 g/mol. The molecule has 0 unspecified atom stereocenters. The van der Waals surface area contributed by atoms with Crippen molar-refractivity contribution in [3.8, 4) is 0 Å². The lowest BCUT2D eigenvalue weighted by Crippen LogP contribution is -2.17. The third-order valence-electron chi connectivity index (χ3n) is 2.53. The van der Waals surface area contributed by atoms with Crippen LogP contribution in [0.3, 0.4) is 0 Å². The summed E-state index contributed by atoms with van der Waals surface area (Å²) < 4.78 is 0. The molecule has 0 fully saturated rings. The molecule has 0 bridgehead atoms. The Bertz CT molecular complexity index is 400. The molecule has 1 heteroatoms. The van der Waals surface area contributed by atoms with Crippen molar-refractivity contribution in [2.75, 3.05) is 6.54 Å². The van der Waals surface area contributed by atoms with Crippen LogP contribution in [-0.4, -0.2) is 6.54 Å². The summed E-state index contributed by atoms with van der Waals surface area (Å²) in [5, 5.41) is 3.42. The zero-order chi connectivity index (χ0) is 12.0. The van der Waals surface area contributed by atoms with E-state index in [1.54, 1.807) is 0 Å². The molecular formula is C15H21N. The number of benzene rings is 1. The van der Waals surface area contributed by atoms with Crippen LogP contribution in [0.2, 0.25) is 0 Å². The molecule has 1 aliphatic rings. The molecule has 0 saturated carbocycles. The first-order valence-corrected chi connectivity index (χ1v) is 5.95. The van der Waals surface area contributed by atoms with Crippen LogP contribution >= 0.6 is 0 Å². The van der Waals surface area contributed by atoms with Crippen LogP contribution in [0.4, 0.5) is 0 Å². The third-order valence-corrected chi connectivity index (χ3v) is 2.53. The minimum absolute atomic E-state index is 0.958. The normalized spacial score (nSPS) is 14.0. The molecule has 1 aromatic carbocycles. The summed E-state index contributed by atoms with van der Waals surface area (Å²) in [5.41, 5.74) is 5.23. The average molecular weight is 215 g/mol. The van der Waals surface area contributed by atoms with Crippen molar-refractivity contribution < 1.29 is 0 Å². The Labute approximate surface area is 98.9 Å². The Morgan fingerprint density at radius 2 is 1.69 bits per heavy atom. The van der Waals surface area contributed by atoms with E-state index in [1.165, 1.54) is 22.4 Å². The molecule has 0 saturated heterocycles. The fraction of sp³-hybridized carbons (Fsp3) is 0.333. The lowest BCUT2D eigenvalue weighted by Gasteiger charge is -2.16. The minimum atomic E-state index is 0.958. The second-order valence-electron chi connectivity index (χ2n) is 3.76. The number of rotatable bonds is 1. The topological polar surface area (TPSA) is 12.0 Å². The van der Waals surface area contributed by atoms with Crippen molar-refractivity contribution in [1.82, 2.24) is 5.32 Å². The maximum atomic E-state index is 3.42. The molecule has 0 aromatic heterocycles. The van der Waals surface area contributed by atoms with Crippen LogP contribution in [0.15, 0.2) is 42.0 Å². The van der Waals surface area contributed by atoms with Gasteiger partial charge in [0.05, 0.1) is 0 Å². The lowest BCUT2D eigenvalue weighted by molar-refractivity contribution is 0.939. The van der Waals surface area contributed by atoms with Gasteiger partial charge in [0.1, 0.15) is 0 Å². The molecule has 1 N–H and O–H groups in total. The summed E-state index contributed by atoms with van der Waals surface area (Å²) in [6, 6.07) is 8.45. The van der Waals surface area contributed by atoms with Crippen LogP contribution in [-0.2, 0) is 0 Å². The SMILES string of the molecule is CC.CC1=CC=C(c2ccccc2C)NC1. The fourth-order valence-corrected chi connectivity index (χ4v) is 1.64. The highest BCUT2D eigenvalue weighted by Crippen LogP contribution is 2.18. The zero-order valence-electron chi connectivity index (χ0n) is 10.7. The van der Waals surface area contributed by atoms with E-state index in [4.69, 9.17) is 0 Å². The Morgan fingerprint density at radius 3 is 2.25 bits per heavy atom. The first-order valence-electron chi connectivity index (χ1n) is 5.95. The molecule has 2 rings (SSSR count). The van der Waals surface area contributed by atoms with Crippen LogP contribution < -0.4 is 5.32 Å². The Hall–Kier alpha value is -1.50. The number of dihydropyridines is 1. The van der Waals surface area contributed by atoms with Gasteiger partial charge in [-0.05, 0) is 25.5 Å². The van der Waals surface area contributed by atoms with Crippen molar-refractivity contribution in [1.29, 1.82) is 0 Å². The lowest BCUT2D eigenvalue weighted by atomic mass is 10.0. The van der Waals surface area contributed by atoms with E-state index in [-0.39, 0.29) is 0 Å². The number of allylic oxidation sites excluding steroid dienone is 2. The van der Waals surface area contributed by atoms with Crippen molar-refractivity contribution in [3.63, 3.8) is 0 Å². The highest BCUT2D eigenvalue weighted by molar-refractivity contribution is 5.69. The quantitative estimate of drug-likeness (QED) is 0.749. The van der Waals surface area contributed by atoms with Crippen LogP contribution in [0.1, 0.15) is 31.9 Å². The van der Waals surface area contributed by atoms with Gasteiger partial charge in [-0.2, -0.15) is 0 Å². The summed E-state index contributed by atoms with van der Waals surface area (Å²) in [4.78, 5) is 0. The molecule has 1 aromatic rings. The van der Waals surface area contributed by atoms with Gasteiger partial charge in [0, 0.05) is 17.8 Å². The smallest absolute Gasteiger partial charge is 0.0419 e. The third kappa shape index (κ3) is 2.99. The fourth-order valence-electron chi connectivity index (χ4n) is 1.64.